The SMILES string of the molecule is CC.CC.CN=C(N)c1cc2ccc(C)cc2cn1. The zero-order valence-corrected chi connectivity index (χ0v) is 12.9. The van der Waals surface area contributed by atoms with Gasteiger partial charge in [-0.05, 0) is 24.4 Å². The Morgan fingerprint density at radius 2 is 1.68 bits per heavy atom. The van der Waals surface area contributed by atoms with Crippen LogP contribution in [-0.4, -0.2) is 17.9 Å². The Morgan fingerprint density at radius 3 is 2.26 bits per heavy atom. The predicted octanol–water partition coefficient (Wildman–Crippen LogP) is 3.93. The minimum absolute atomic E-state index is 0.470. The Bertz CT molecular complexity index is 531. The maximum absolute atomic E-state index is 5.70. The lowest BCUT2D eigenvalue weighted by Crippen LogP contribution is -2.14. The van der Waals surface area contributed by atoms with E-state index in [1.807, 2.05) is 40.0 Å². The lowest BCUT2D eigenvalue weighted by molar-refractivity contribution is 1.28. The number of aryl methyl sites for hydroxylation is 1. The van der Waals surface area contributed by atoms with Crippen molar-refractivity contribution >= 4 is 16.6 Å². The lowest BCUT2D eigenvalue weighted by atomic mass is 10.1. The van der Waals surface area contributed by atoms with Crippen LogP contribution in [0.4, 0.5) is 0 Å². The van der Waals surface area contributed by atoms with Gasteiger partial charge in [0.15, 0.2) is 0 Å². The quantitative estimate of drug-likeness (QED) is 0.623. The zero-order chi connectivity index (χ0) is 14.8. The molecule has 1 heterocycles. The van der Waals surface area contributed by atoms with Crippen molar-refractivity contribution in [1.82, 2.24) is 4.98 Å². The highest BCUT2D eigenvalue weighted by Crippen LogP contribution is 2.15. The van der Waals surface area contributed by atoms with Crippen LogP contribution in [0.5, 0.6) is 0 Å². The molecule has 0 spiro atoms. The summed E-state index contributed by atoms with van der Waals surface area (Å²) < 4.78 is 0. The molecular weight excluding hydrogens is 234 g/mol. The molecule has 1 aromatic carbocycles. The average molecular weight is 259 g/mol. The first kappa shape index (κ1) is 17.1. The number of pyridine rings is 1. The number of amidine groups is 1. The van der Waals surface area contributed by atoms with E-state index >= 15 is 0 Å². The van der Waals surface area contributed by atoms with Crippen molar-refractivity contribution in [2.75, 3.05) is 7.05 Å². The summed E-state index contributed by atoms with van der Waals surface area (Å²) >= 11 is 0. The van der Waals surface area contributed by atoms with Gasteiger partial charge in [0.25, 0.3) is 0 Å². The van der Waals surface area contributed by atoms with Gasteiger partial charge in [0, 0.05) is 18.6 Å². The minimum atomic E-state index is 0.470. The highest BCUT2D eigenvalue weighted by molar-refractivity contribution is 5.98. The molecule has 0 bridgehead atoms. The molecule has 3 nitrogen and oxygen atoms in total. The molecular formula is C16H25N3. The van der Waals surface area contributed by atoms with Crippen LogP contribution in [0.3, 0.4) is 0 Å². The summed E-state index contributed by atoms with van der Waals surface area (Å²) in [4.78, 5) is 8.18. The van der Waals surface area contributed by atoms with Crippen LogP contribution >= 0.6 is 0 Å². The normalized spacial score (nSPS) is 10.1. The van der Waals surface area contributed by atoms with Crippen molar-refractivity contribution in [3.05, 3.63) is 41.7 Å². The first-order valence-electron chi connectivity index (χ1n) is 6.80. The highest BCUT2D eigenvalue weighted by atomic mass is 14.9. The van der Waals surface area contributed by atoms with E-state index < -0.39 is 0 Å². The first-order valence-corrected chi connectivity index (χ1v) is 6.80. The molecule has 2 N–H and O–H groups in total. The molecule has 0 fully saturated rings. The van der Waals surface area contributed by atoms with Crippen molar-refractivity contribution < 1.29 is 0 Å². The summed E-state index contributed by atoms with van der Waals surface area (Å²) in [6.45, 7) is 10.1. The van der Waals surface area contributed by atoms with Gasteiger partial charge in [-0.15, -0.1) is 0 Å². The number of hydrogen-bond acceptors (Lipinski definition) is 2. The Kier molecular flexibility index (Phi) is 8.18. The number of aliphatic imine (C=N–C) groups is 1. The number of benzene rings is 1. The smallest absolute Gasteiger partial charge is 0.144 e. The van der Waals surface area contributed by atoms with Gasteiger partial charge in [-0.25, -0.2) is 0 Å². The number of rotatable bonds is 1. The van der Waals surface area contributed by atoms with Crippen molar-refractivity contribution in [3.63, 3.8) is 0 Å². The summed E-state index contributed by atoms with van der Waals surface area (Å²) in [6, 6.07) is 8.20. The fourth-order valence-electron chi connectivity index (χ4n) is 1.52. The van der Waals surface area contributed by atoms with Crippen LogP contribution in [0.25, 0.3) is 10.8 Å². The summed E-state index contributed by atoms with van der Waals surface area (Å²) in [5, 5.41) is 2.26. The van der Waals surface area contributed by atoms with Gasteiger partial charge in [-0.2, -0.15) is 0 Å². The van der Waals surface area contributed by atoms with Crippen molar-refractivity contribution in [1.29, 1.82) is 0 Å². The molecule has 0 saturated carbocycles. The van der Waals surface area contributed by atoms with Crippen molar-refractivity contribution in [2.24, 2.45) is 10.7 Å². The Hall–Kier alpha value is -1.90. The van der Waals surface area contributed by atoms with E-state index in [0.717, 1.165) is 16.5 Å². The molecule has 0 unspecified atom stereocenters. The van der Waals surface area contributed by atoms with Crippen LogP contribution in [-0.2, 0) is 0 Å². The van der Waals surface area contributed by atoms with Gasteiger partial charge in [0.2, 0.25) is 0 Å². The van der Waals surface area contributed by atoms with Gasteiger partial charge >= 0.3 is 0 Å². The average Bonchev–Trinajstić information content (AvgIpc) is 2.50. The third-order valence-corrected chi connectivity index (χ3v) is 2.38. The van der Waals surface area contributed by atoms with E-state index in [1.165, 1.54) is 5.56 Å². The fourth-order valence-corrected chi connectivity index (χ4v) is 1.52. The second-order valence-electron chi connectivity index (χ2n) is 3.53. The third-order valence-electron chi connectivity index (χ3n) is 2.38. The predicted molar refractivity (Wildman–Crippen MR) is 85.8 cm³/mol. The van der Waals surface area contributed by atoms with E-state index in [1.54, 1.807) is 7.05 Å². The topological polar surface area (TPSA) is 51.3 Å². The van der Waals surface area contributed by atoms with Crippen LogP contribution in [0, 0.1) is 6.92 Å². The fraction of sp³-hybridized carbons (Fsp3) is 0.375. The molecule has 2 aromatic rings. The molecule has 0 aliphatic heterocycles. The zero-order valence-electron chi connectivity index (χ0n) is 12.9. The summed E-state index contributed by atoms with van der Waals surface area (Å²) in [6.07, 6.45) is 1.83. The molecule has 0 aliphatic carbocycles. The van der Waals surface area contributed by atoms with E-state index in [0.29, 0.717) is 5.84 Å². The highest BCUT2D eigenvalue weighted by Gasteiger charge is 2.01. The second kappa shape index (κ2) is 9.09. The monoisotopic (exact) mass is 259 g/mol. The Labute approximate surface area is 116 Å². The van der Waals surface area contributed by atoms with Gasteiger partial charge in [-0.1, -0.05) is 45.4 Å². The van der Waals surface area contributed by atoms with Crippen molar-refractivity contribution in [3.8, 4) is 0 Å². The van der Waals surface area contributed by atoms with E-state index in [4.69, 9.17) is 5.73 Å². The molecule has 104 valence electrons. The number of aromatic nitrogens is 1. The minimum Gasteiger partial charge on any atom is -0.382 e. The molecule has 0 aliphatic rings. The number of hydrogen-bond donors (Lipinski definition) is 1. The standard InChI is InChI=1S/C12H13N3.2C2H6/c1-8-3-4-9-6-11(12(13)14-2)15-7-10(9)5-8;2*1-2/h3-7H,1-2H3,(H2,13,14);2*1-2H3. The van der Waals surface area contributed by atoms with Gasteiger partial charge in [0.05, 0.1) is 0 Å². The van der Waals surface area contributed by atoms with Gasteiger partial charge in [-0.3, -0.25) is 9.98 Å². The third kappa shape index (κ3) is 4.70. The van der Waals surface area contributed by atoms with Crippen molar-refractivity contribution in [2.45, 2.75) is 34.6 Å². The molecule has 0 radical (unpaired) electrons. The number of fused-ring (bicyclic) bond motifs is 1. The molecule has 0 atom stereocenters. The molecule has 0 amide bonds. The Morgan fingerprint density at radius 1 is 1.05 bits per heavy atom. The molecule has 3 heteroatoms. The van der Waals surface area contributed by atoms with E-state index in [9.17, 15) is 0 Å². The first-order chi connectivity index (χ1) is 9.20. The lowest BCUT2D eigenvalue weighted by Gasteiger charge is -2.02. The molecule has 0 saturated heterocycles. The van der Waals surface area contributed by atoms with Gasteiger partial charge in [0.1, 0.15) is 11.5 Å². The largest absolute Gasteiger partial charge is 0.382 e. The van der Waals surface area contributed by atoms with E-state index in [2.05, 4.69) is 35.1 Å². The molecule has 1 aromatic heterocycles. The van der Waals surface area contributed by atoms with Crippen LogP contribution in [0.2, 0.25) is 0 Å². The van der Waals surface area contributed by atoms with Crippen LogP contribution in [0.15, 0.2) is 35.5 Å². The number of nitrogens with two attached hydrogens (primary N) is 1. The summed E-state index contributed by atoms with van der Waals surface area (Å²) in [7, 11) is 1.66. The summed E-state index contributed by atoms with van der Waals surface area (Å²) in [5.41, 5.74) is 7.66. The van der Waals surface area contributed by atoms with Crippen LogP contribution in [0.1, 0.15) is 39.0 Å². The molecule has 2 rings (SSSR count). The Balaban J connectivity index is 0.000000741. The number of nitrogens with zero attached hydrogens (tertiary/aromatic N) is 2. The second-order valence-corrected chi connectivity index (χ2v) is 3.53. The molecule has 19 heavy (non-hydrogen) atoms. The van der Waals surface area contributed by atoms with Crippen LogP contribution < -0.4 is 5.73 Å². The maximum atomic E-state index is 5.70. The maximum Gasteiger partial charge on any atom is 0.144 e. The van der Waals surface area contributed by atoms with E-state index in [-0.39, 0.29) is 0 Å². The summed E-state index contributed by atoms with van der Waals surface area (Å²) in [5.74, 6) is 0.470. The van der Waals surface area contributed by atoms with Gasteiger partial charge < -0.3 is 5.73 Å².